The zero-order chi connectivity index (χ0) is 16.4. The van der Waals surface area contributed by atoms with Gasteiger partial charge in [-0.25, -0.2) is 0 Å². The summed E-state index contributed by atoms with van der Waals surface area (Å²) in [6, 6.07) is 6.87. The van der Waals surface area contributed by atoms with E-state index in [2.05, 4.69) is 29.7 Å². The summed E-state index contributed by atoms with van der Waals surface area (Å²) in [4.78, 5) is 4.78. The first-order chi connectivity index (χ1) is 11.1. The third kappa shape index (κ3) is 3.54. The number of aliphatic hydroxyl groups is 1. The van der Waals surface area contributed by atoms with Gasteiger partial charge < -0.3 is 14.7 Å². The van der Waals surface area contributed by atoms with Gasteiger partial charge in [-0.2, -0.15) is 0 Å². The van der Waals surface area contributed by atoms with Crippen molar-refractivity contribution in [1.82, 2.24) is 9.80 Å². The highest BCUT2D eigenvalue weighted by Crippen LogP contribution is 2.32. The Balaban J connectivity index is 1.65. The van der Waals surface area contributed by atoms with Crippen LogP contribution in [0.15, 0.2) is 18.2 Å². The normalized spacial score (nSPS) is 22.1. The number of rotatable bonds is 5. The van der Waals surface area contributed by atoms with Crippen molar-refractivity contribution in [2.45, 2.75) is 51.3 Å². The molecule has 1 aromatic rings. The van der Waals surface area contributed by atoms with Crippen LogP contribution >= 0.6 is 0 Å². The second-order valence-corrected chi connectivity index (χ2v) is 7.19. The van der Waals surface area contributed by atoms with E-state index in [0.29, 0.717) is 5.92 Å². The number of aliphatic hydroxyl groups excluding tert-OH is 1. The van der Waals surface area contributed by atoms with Crippen LogP contribution in [0.4, 0.5) is 0 Å². The Hall–Kier alpha value is -1.10. The maximum atomic E-state index is 10.7. The molecule has 0 aromatic heterocycles. The molecule has 0 bridgehead atoms. The Morgan fingerprint density at radius 3 is 2.35 bits per heavy atom. The van der Waals surface area contributed by atoms with E-state index in [1.807, 2.05) is 12.1 Å². The van der Waals surface area contributed by atoms with Crippen LogP contribution < -0.4 is 4.74 Å². The summed E-state index contributed by atoms with van der Waals surface area (Å²) < 4.78 is 5.52. The van der Waals surface area contributed by atoms with Gasteiger partial charge in [-0.05, 0) is 55.5 Å². The maximum absolute atomic E-state index is 10.7. The third-order valence-electron chi connectivity index (χ3n) is 5.43. The Labute approximate surface area is 140 Å². The lowest BCUT2D eigenvalue weighted by Crippen LogP contribution is -2.50. The molecule has 23 heavy (non-hydrogen) atoms. The highest BCUT2D eigenvalue weighted by molar-refractivity contribution is 5.40. The number of piperidine rings is 1. The highest BCUT2D eigenvalue weighted by atomic mass is 16.5. The smallest absolute Gasteiger partial charge is 0.133 e. The van der Waals surface area contributed by atoms with Crippen LogP contribution in [0.5, 0.6) is 5.75 Å². The van der Waals surface area contributed by atoms with Gasteiger partial charge in [0, 0.05) is 19.1 Å². The van der Waals surface area contributed by atoms with Crippen molar-refractivity contribution in [3.8, 4) is 5.75 Å². The number of benzene rings is 1. The molecule has 4 nitrogen and oxygen atoms in total. The average Bonchev–Trinajstić information content (AvgIpc) is 2.52. The van der Waals surface area contributed by atoms with E-state index >= 15 is 0 Å². The number of nitrogens with zero attached hydrogens (tertiary/aromatic N) is 2. The van der Waals surface area contributed by atoms with Gasteiger partial charge in [0.2, 0.25) is 0 Å². The van der Waals surface area contributed by atoms with E-state index in [0.717, 1.165) is 43.3 Å². The van der Waals surface area contributed by atoms with Gasteiger partial charge in [0.1, 0.15) is 12.0 Å². The minimum atomic E-state index is -0.526. The van der Waals surface area contributed by atoms with Crippen molar-refractivity contribution in [2.75, 3.05) is 33.3 Å². The van der Waals surface area contributed by atoms with Crippen molar-refractivity contribution in [2.24, 2.45) is 0 Å². The molecule has 1 N–H and O–H groups in total. The number of hydrogen-bond donors (Lipinski definition) is 1. The van der Waals surface area contributed by atoms with Crippen LogP contribution in [-0.4, -0.2) is 54.2 Å². The lowest BCUT2D eigenvalue weighted by molar-refractivity contribution is -0.0336. The van der Waals surface area contributed by atoms with Crippen LogP contribution in [-0.2, 0) is 0 Å². The van der Waals surface area contributed by atoms with E-state index in [1.165, 1.54) is 25.1 Å². The van der Waals surface area contributed by atoms with E-state index in [-0.39, 0.29) is 0 Å². The molecule has 2 saturated heterocycles. The van der Waals surface area contributed by atoms with E-state index in [9.17, 15) is 5.11 Å². The van der Waals surface area contributed by atoms with Gasteiger partial charge >= 0.3 is 0 Å². The molecule has 0 aliphatic carbocycles. The van der Waals surface area contributed by atoms with Crippen LogP contribution in [0.25, 0.3) is 0 Å². The maximum Gasteiger partial charge on any atom is 0.133 e. The molecule has 0 amide bonds. The van der Waals surface area contributed by atoms with Gasteiger partial charge in [-0.3, -0.25) is 4.90 Å². The molecule has 3 rings (SSSR count). The van der Waals surface area contributed by atoms with Crippen molar-refractivity contribution in [1.29, 1.82) is 0 Å². The SMILES string of the molecule is COc1cc(C(O)N2CCC(N3CCC3)CC2)ccc1C(C)C. The minimum absolute atomic E-state index is 0.420. The van der Waals surface area contributed by atoms with Crippen molar-refractivity contribution in [3.63, 3.8) is 0 Å². The van der Waals surface area contributed by atoms with Crippen LogP contribution in [0, 0.1) is 0 Å². The predicted octanol–water partition coefficient (Wildman–Crippen LogP) is 2.98. The molecule has 1 aromatic carbocycles. The second-order valence-electron chi connectivity index (χ2n) is 7.19. The molecule has 128 valence electrons. The molecule has 2 fully saturated rings. The largest absolute Gasteiger partial charge is 0.496 e. The number of hydrogen-bond acceptors (Lipinski definition) is 4. The van der Waals surface area contributed by atoms with Crippen LogP contribution in [0.1, 0.15) is 56.4 Å². The van der Waals surface area contributed by atoms with Crippen molar-refractivity contribution < 1.29 is 9.84 Å². The summed E-state index contributed by atoms with van der Waals surface area (Å²) in [5.41, 5.74) is 2.13. The van der Waals surface area contributed by atoms with E-state index in [4.69, 9.17) is 4.74 Å². The Bertz CT molecular complexity index is 520. The summed E-state index contributed by atoms with van der Waals surface area (Å²) in [5.74, 6) is 1.30. The first-order valence-corrected chi connectivity index (χ1v) is 8.94. The predicted molar refractivity (Wildman–Crippen MR) is 92.8 cm³/mol. The molecule has 1 unspecified atom stereocenters. The summed E-state index contributed by atoms with van der Waals surface area (Å²) >= 11 is 0. The Morgan fingerprint density at radius 2 is 1.83 bits per heavy atom. The monoisotopic (exact) mass is 318 g/mol. The van der Waals surface area contributed by atoms with Gasteiger partial charge in [0.25, 0.3) is 0 Å². The molecule has 4 heteroatoms. The van der Waals surface area contributed by atoms with E-state index in [1.54, 1.807) is 7.11 Å². The first kappa shape index (κ1) is 16.7. The number of likely N-dealkylation sites (tertiary alicyclic amines) is 2. The summed E-state index contributed by atoms with van der Waals surface area (Å²) in [7, 11) is 1.70. The Morgan fingerprint density at radius 1 is 1.13 bits per heavy atom. The fourth-order valence-electron chi connectivity index (χ4n) is 3.78. The molecule has 2 aliphatic rings. The minimum Gasteiger partial charge on any atom is -0.496 e. The molecule has 1 atom stereocenters. The topological polar surface area (TPSA) is 35.9 Å². The van der Waals surface area contributed by atoms with Gasteiger partial charge in [-0.1, -0.05) is 26.0 Å². The highest BCUT2D eigenvalue weighted by Gasteiger charge is 2.30. The third-order valence-corrected chi connectivity index (χ3v) is 5.43. The van der Waals surface area contributed by atoms with Crippen molar-refractivity contribution >= 4 is 0 Å². The first-order valence-electron chi connectivity index (χ1n) is 8.94. The molecule has 0 spiro atoms. The van der Waals surface area contributed by atoms with Gasteiger partial charge in [0.05, 0.1) is 7.11 Å². The molecule has 2 aliphatic heterocycles. The quantitative estimate of drug-likeness (QED) is 0.905. The summed E-state index contributed by atoms with van der Waals surface area (Å²) in [6.07, 6.45) is 3.16. The summed E-state index contributed by atoms with van der Waals surface area (Å²) in [6.45, 7) is 8.79. The molecular formula is C19H30N2O2. The second kappa shape index (κ2) is 7.20. The molecule has 0 radical (unpaired) electrons. The standard InChI is InChI=1S/C19H30N2O2/c1-14(2)17-6-5-15(13-18(17)23-3)19(22)21-11-7-16(8-12-21)20-9-4-10-20/h5-6,13-14,16,19,22H,4,7-12H2,1-3H3. The fourth-order valence-corrected chi connectivity index (χ4v) is 3.78. The molecular weight excluding hydrogens is 288 g/mol. The summed E-state index contributed by atoms with van der Waals surface area (Å²) in [5, 5.41) is 10.7. The fraction of sp³-hybridized carbons (Fsp3) is 0.684. The lowest BCUT2D eigenvalue weighted by atomic mass is 9.97. The Kier molecular flexibility index (Phi) is 5.24. The van der Waals surface area contributed by atoms with Crippen molar-refractivity contribution in [3.05, 3.63) is 29.3 Å². The zero-order valence-corrected chi connectivity index (χ0v) is 14.7. The van der Waals surface area contributed by atoms with Gasteiger partial charge in [0.15, 0.2) is 0 Å². The van der Waals surface area contributed by atoms with Crippen LogP contribution in [0.3, 0.4) is 0 Å². The zero-order valence-electron chi connectivity index (χ0n) is 14.7. The average molecular weight is 318 g/mol. The lowest BCUT2D eigenvalue weighted by Gasteiger charge is -2.44. The van der Waals surface area contributed by atoms with Gasteiger partial charge in [-0.15, -0.1) is 0 Å². The molecule has 0 saturated carbocycles. The molecule has 2 heterocycles. The number of methoxy groups -OCH3 is 1. The van der Waals surface area contributed by atoms with E-state index < -0.39 is 6.23 Å². The number of ether oxygens (including phenoxy) is 1. The van der Waals surface area contributed by atoms with Crippen LogP contribution in [0.2, 0.25) is 0 Å².